The highest BCUT2D eigenvalue weighted by Crippen LogP contribution is 2.25. The smallest absolute Gasteiger partial charge is 0.0454 e. The summed E-state index contributed by atoms with van der Waals surface area (Å²) >= 11 is 0. The van der Waals surface area contributed by atoms with Gasteiger partial charge < -0.3 is 32.3 Å². The molecule has 33 heavy (non-hydrogen) atoms. The molecule has 0 aliphatic heterocycles. The van der Waals surface area contributed by atoms with E-state index >= 15 is 0 Å². The molecule has 0 atom stereocenters. The molecule has 2 aromatic rings. The highest BCUT2D eigenvalue weighted by Gasteiger charge is 2.03. The fraction of sp³-hybridized carbons (Fsp3) is 0.556. The van der Waals surface area contributed by atoms with Crippen LogP contribution >= 0.6 is 0 Å². The van der Waals surface area contributed by atoms with Crippen LogP contribution in [0.5, 0.6) is 0 Å². The number of hydrogen-bond acceptors (Lipinski definition) is 6. The van der Waals surface area contributed by atoms with Crippen molar-refractivity contribution in [3.63, 3.8) is 0 Å². The molecule has 0 saturated heterocycles. The quantitative estimate of drug-likeness (QED) is 0.144. The van der Waals surface area contributed by atoms with Gasteiger partial charge in [0.15, 0.2) is 0 Å². The van der Waals surface area contributed by atoms with Crippen molar-refractivity contribution in [3.8, 4) is 11.1 Å². The van der Waals surface area contributed by atoms with Crippen LogP contribution in [-0.2, 0) is 6.54 Å². The number of rotatable bonds is 19. The molecule has 0 heterocycles. The lowest BCUT2D eigenvalue weighted by Gasteiger charge is -2.12. The van der Waals surface area contributed by atoms with Gasteiger partial charge in [-0.05, 0) is 112 Å². The maximum Gasteiger partial charge on any atom is 0.0454 e. The first-order valence-corrected chi connectivity index (χ1v) is 12.7. The van der Waals surface area contributed by atoms with E-state index in [2.05, 4.69) is 82.9 Å². The number of nitrogens with one attached hydrogen (secondary N) is 5. The first kappa shape index (κ1) is 27.3. The summed E-state index contributed by atoms with van der Waals surface area (Å²) in [7, 11) is 0. The number of anilines is 1. The van der Waals surface area contributed by atoms with Crippen LogP contribution in [0.4, 0.5) is 5.69 Å². The summed E-state index contributed by atoms with van der Waals surface area (Å²) in [5.74, 6) is 0. The largest absolute Gasteiger partial charge is 0.385 e. The van der Waals surface area contributed by atoms with E-state index in [1.165, 1.54) is 34.4 Å². The van der Waals surface area contributed by atoms with Crippen molar-refractivity contribution >= 4 is 5.69 Å². The Balaban J connectivity index is 1.77. The average Bonchev–Trinajstić information content (AvgIpc) is 2.82. The minimum atomic E-state index is 0.759. The molecule has 0 aliphatic carbocycles. The molecule has 0 aliphatic rings. The molecule has 2 rings (SSSR count). The Hall–Kier alpha value is -1.96. The van der Waals surface area contributed by atoms with E-state index in [0.717, 1.165) is 78.3 Å². The van der Waals surface area contributed by atoms with Crippen LogP contribution in [0.25, 0.3) is 11.1 Å². The molecule has 0 fully saturated rings. The Morgan fingerprint density at radius 1 is 0.727 bits per heavy atom. The predicted octanol–water partition coefficient (Wildman–Crippen LogP) is 3.43. The SMILES string of the molecule is CCCNCNCCCNc1cc(C)cc(-c2cccc(CNCCCNCCCN)c2)c1. The van der Waals surface area contributed by atoms with E-state index in [1.807, 2.05) is 0 Å². The van der Waals surface area contributed by atoms with Crippen LogP contribution in [0, 0.1) is 6.92 Å². The molecule has 0 aromatic heterocycles. The normalized spacial score (nSPS) is 11.1. The Morgan fingerprint density at radius 3 is 2.33 bits per heavy atom. The number of benzene rings is 2. The third kappa shape index (κ3) is 12.2. The van der Waals surface area contributed by atoms with Crippen molar-refractivity contribution in [2.45, 2.75) is 46.1 Å². The molecular formula is C27H46N6. The standard InChI is InChI=1S/C27H46N6/c1-3-11-31-22-32-15-7-16-33-27-18-23(2)17-26(20-27)25-9-4-8-24(19-25)21-30-14-6-13-29-12-5-10-28/h4,8-9,17-20,29-33H,3,5-7,10-16,21-22,28H2,1-2H3. The van der Waals surface area contributed by atoms with Crippen molar-refractivity contribution in [1.29, 1.82) is 0 Å². The fourth-order valence-electron chi connectivity index (χ4n) is 3.72. The van der Waals surface area contributed by atoms with Gasteiger partial charge in [0, 0.05) is 25.4 Å². The minimum absolute atomic E-state index is 0.759. The molecule has 0 saturated carbocycles. The zero-order valence-corrected chi connectivity index (χ0v) is 20.8. The van der Waals surface area contributed by atoms with E-state index in [0.29, 0.717) is 0 Å². The number of aryl methyl sites for hydroxylation is 1. The van der Waals surface area contributed by atoms with Gasteiger partial charge in [-0.1, -0.05) is 31.2 Å². The van der Waals surface area contributed by atoms with Crippen LogP contribution in [0.3, 0.4) is 0 Å². The Bertz CT molecular complexity index is 764. The van der Waals surface area contributed by atoms with E-state index in [1.54, 1.807) is 0 Å². The summed E-state index contributed by atoms with van der Waals surface area (Å²) < 4.78 is 0. The molecule has 0 unspecified atom stereocenters. The third-order valence-corrected chi connectivity index (χ3v) is 5.47. The van der Waals surface area contributed by atoms with Gasteiger partial charge in [-0.2, -0.15) is 0 Å². The summed E-state index contributed by atoms with van der Waals surface area (Å²) in [6.07, 6.45) is 4.44. The molecule has 0 bridgehead atoms. The maximum absolute atomic E-state index is 5.52. The second-order valence-corrected chi connectivity index (χ2v) is 8.67. The van der Waals surface area contributed by atoms with Crippen molar-refractivity contribution in [2.75, 3.05) is 57.8 Å². The van der Waals surface area contributed by atoms with E-state index in [-0.39, 0.29) is 0 Å². The van der Waals surface area contributed by atoms with Gasteiger partial charge in [0.1, 0.15) is 0 Å². The first-order valence-electron chi connectivity index (χ1n) is 12.7. The summed E-state index contributed by atoms with van der Waals surface area (Å²) in [4.78, 5) is 0. The van der Waals surface area contributed by atoms with Gasteiger partial charge in [-0.3, -0.25) is 0 Å². The Kier molecular flexibility index (Phi) is 14.5. The van der Waals surface area contributed by atoms with Crippen LogP contribution in [-0.4, -0.2) is 52.5 Å². The number of hydrogen-bond donors (Lipinski definition) is 6. The van der Waals surface area contributed by atoms with Crippen molar-refractivity contribution in [1.82, 2.24) is 21.3 Å². The van der Waals surface area contributed by atoms with Crippen molar-refractivity contribution in [2.24, 2.45) is 5.73 Å². The fourth-order valence-corrected chi connectivity index (χ4v) is 3.72. The lowest BCUT2D eigenvalue weighted by Crippen LogP contribution is -2.30. The first-order chi connectivity index (χ1) is 16.2. The van der Waals surface area contributed by atoms with Gasteiger partial charge >= 0.3 is 0 Å². The predicted molar refractivity (Wildman–Crippen MR) is 144 cm³/mol. The lowest BCUT2D eigenvalue weighted by atomic mass is 10.0. The van der Waals surface area contributed by atoms with Crippen molar-refractivity contribution < 1.29 is 0 Å². The van der Waals surface area contributed by atoms with Gasteiger partial charge in [-0.15, -0.1) is 0 Å². The van der Waals surface area contributed by atoms with Crippen LogP contribution in [0.15, 0.2) is 42.5 Å². The number of nitrogens with two attached hydrogens (primary N) is 1. The van der Waals surface area contributed by atoms with Gasteiger partial charge in [0.2, 0.25) is 0 Å². The van der Waals surface area contributed by atoms with E-state index in [9.17, 15) is 0 Å². The highest BCUT2D eigenvalue weighted by atomic mass is 15.0. The van der Waals surface area contributed by atoms with E-state index in [4.69, 9.17) is 5.73 Å². The molecular weight excluding hydrogens is 408 g/mol. The van der Waals surface area contributed by atoms with Crippen LogP contribution in [0.1, 0.15) is 43.7 Å². The molecule has 0 radical (unpaired) electrons. The molecule has 0 spiro atoms. The zero-order valence-electron chi connectivity index (χ0n) is 20.8. The molecule has 6 nitrogen and oxygen atoms in total. The summed E-state index contributed by atoms with van der Waals surface area (Å²) in [6.45, 7) is 13.0. The molecule has 7 N–H and O–H groups in total. The van der Waals surface area contributed by atoms with E-state index < -0.39 is 0 Å². The minimum Gasteiger partial charge on any atom is -0.385 e. The Labute approximate surface area is 201 Å². The topological polar surface area (TPSA) is 86.2 Å². The Morgan fingerprint density at radius 2 is 1.48 bits per heavy atom. The molecule has 0 amide bonds. The third-order valence-electron chi connectivity index (χ3n) is 5.47. The molecule has 184 valence electrons. The second-order valence-electron chi connectivity index (χ2n) is 8.67. The molecule has 6 heteroatoms. The van der Waals surface area contributed by atoms with Crippen LogP contribution < -0.4 is 32.3 Å². The zero-order chi connectivity index (χ0) is 23.6. The average molecular weight is 455 g/mol. The lowest BCUT2D eigenvalue weighted by molar-refractivity contribution is 0.571. The van der Waals surface area contributed by atoms with Gasteiger partial charge in [-0.25, -0.2) is 0 Å². The monoisotopic (exact) mass is 454 g/mol. The summed E-state index contributed by atoms with van der Waals surface area (Å²) in [5, 5.41) is 17.4. The summed E-state index contributed by atoms with van der Waals surface area (Å²) in [5.41, 5.74) is 11.9. The van der Waals surface area contributed by atoms with Gasteiger partial charge in [0.25, 0.3) is 0 Å². The van der Waals surface area contributed by atoms with Crippen LogP contribution in [0.2, 0.25) is 0 Å². The second kappa shape index (κ2) is 17.5. The molecule has 2 aromatic carbocycles. The van der Waals surface area contributed by atoms with Gasteiger partial charge in [0.05, 0.1) is 0 Å². The maximum atomic E-state index is 5.52. The van der Waals surface area contributed by atoms with Crippen molar-refractivity contribution in [3.05, 3.63) is 53.6 Å². The highest BCUT2D eigenvalue weighted by molar-refractivity contribution is 5.70. The summed E-state index contributed by atoms with van der Waals surface area (Å²) in [6, 6.07) is 15.6.